The van der Waals surface area contributed by atoms with Gasteiger partial charge in [-0.2, -0.15) is 0 Å². The topological polar surface area (TPSA) is 52.7 Å². The Morgan fingerprint density at radius 3 is 2.57 bits per heavy atom. The van der Waals surface area contributed by atoms with Crippen LogP contribution in [-0.2, 0) is 11.3 Å². The molecule has 1 saturated heterocycles. The molecule has 1 heterocycles. The number of carbonyl (C=O) groups is 2. The van der Waals surface area contributed by atoms with Gasteiger partial charge in [0, 0.05) is 32.6 Å². The molecule has 1 atom stereocenters. The van der Waals surface area contributed by atoms with Crippen LogP contribution in [0.1, 0.15) is 25.8 Å². The van der Waals surface area contributed by atoms with Crippen LogP contribution in [0.3, 0.4) is 0 Å². The molecule has 0 bridgehead atoms. The van der Waals surface area contributed by atoms with Crippen molar-refractivity contribution in [2.45, 2.75) is 32.9 Å². The summed E-state index contributed by atoms with van der Waals surface area (Å²) in [5, 5.41) is 2.95. The molecule has 0 aromatic heterocycles. The van der Waals surface area contributed by atoms with Crippen LogP contribution in [0.5, 0.6) is 0 Å². The average molecular weight is 289 g/mol. The zero-order valence-corrected chi connectivity index (χ0v) is 12.7. The highest BCUT2D eigenvalue weighted by Crippen LogP contribution is 2.15. The molecule has 21 heavy (non-hydrogen) atoms. The van der Waals surface area contributed by atoms with Crippen molar-refractivity contribution in [3.05, 3.63) is 35.9 Å². The molecule has 1 N–H and O–H groups in total. The fourth-order valence-electron chi connectivity index (χ4n) is 2.60. The van der Waals surface area contributed by atoms with Crippen LogP contribution < -0.4 is 5.32 Å². The second-order valence-corrected chi connectivity index (χ2v) is 5.28. The molecule has 1 aliphatic heterocycles. The van der Waals surface area contributed by atoms with Crippen LogP contribution in [0.25, 0.3) is 0 Å². The molecule has 5 heteroatoms. The lowest BCUT2D eigenvalue weighted by atomic mass is 10.2. The number of hydrogen-bond acceptors (Lipinski definition) is 2. The van der Waals surface area contributed by atoms with E-state index in [1.807, 2.05) is 49.1 Å². The van der Waals surface area contributed by atoms with Gasteiger partial charge >= 0.3 is 6.03 Å². The third kappa shape index (κ3) is 3.97. The van der Waals surface area contributed by atoms with Gasteiger partial charge in [-0.25, -0.2) is 4.79 Å². The Morgan fingerprint density at radius 2 is 1.95 bits per heavy atom. The molecule has 1 aliphatic rings. The molecule has 0 aliphatic carbocycles. The lowest BCUT2D eigenvalue weighted by Gasteiger charge is -2.22. The molecule has 3 amide bonds. The summed E-state index contributed by atoms with van der Waals surface area (Å²) >= 11 is 0. The van der Waals surface area contributed by atoms with Crippen LogP contribution in [0.2, 0.25) is 0 Å². The highest BCUT2D eigenvalue weighted by atomic mass is 16.2. The van der Waals surface area contributed by atoms with Crippen LogP contribution in [0, 0.1) is 0 Å². The predicted molar refractivity (Wildman–Crippen MR) is 81.7 cm³/mol. The molecule has 1 fully saturated rings. The summed E-state index contributed by atoms with van der Waals surface area (Å²) in [6.45, 7) is 6.45. The number of benzene rings is 1. The van der Waals surface area contributed by atoms with E-state index in [9.17, 15) is 9.59 Å². The molecule has 0 unspecified atom stereocenters. The van der Waals surface area contributed by atoms with Gasteiger partial charge in [0.25, 0.3) is 0 Å². The number of likely N-dealkylation sites (tertiary alicyclic amines) is 1. The first-order chi connectivity index (χ1) is 10.1. The largest absolute Gasteiger partial charge is 0.336 e. The van der Waals surface area contributed by atoms with E-state index in [-0.39, 0.29) is 18.0 Å². The van der Waals surface area contributed by atoms with Gasteiger partial charge in [0.05, 0.1) is 6.04 Å². The minimum atomic E-state index is -0.0886. The molecule has 1 aromatic rings. The number of nitrogens with one attached hydrogen (secondary N) is 1. The van der Waals surface area contributed by atoms with Gasteiger partial charge in [-0.15, -0.1) is 0 Å². The van der Waals surface area contributed by atoms with Gasteiger partial charge in [0.2, 0.25) is 5.91 Å². The standard InChI is InChI=1S/C16H23N3O2/c1-3-18(4-2)16(21)17-14-10-15(20)19(12-14)11-13-8-6-5-7-9-13/h5-9,14H,3-4,10-12H2,1-2H3,(H,17,21)/t14-/m1/s1. The summed E-state index contributed by atoms with van der Waals surface area (Å²) in [6.07, 6.45) is 0.389. The van der Waals surface area contributed by atoms with Gasteiger partial charge in [-0.1, -0.05) is 30.3 Å². The van der Waals surface area contributed by atoms with Crippen molar-refractivity contribution in [2.75, 3.05) is 19.6 Å². The van der Waals surface area contributed by atoms with E-state index in [1.165, 1.54) is 0 Å². The molecular weight excluding hydrogens is 266 g/mol. The minimum Gasteiger partial charge on any atom is -0.336 e. The van der Waals surface area contributed by atoms with Crippen molar-refractivity contribution in [3.63, 3.8) is 0 Å². The van der Waals surface area contributed by atoms with Gasteiger partial charge in [0.1, 0.15) is 0 Å². The summed E-state index contributed by atoms with van der Waals surface area (Å²) in [7, 11) is 0. The Hall–Kier alpha value is -2.04. The molecule has 5 nitrogen and oxygen atoms in total. The van der Waals surface area contributed by atoms with Crippen LogP contribution in [0.15, 0.2) is 30.3 Å². The van der Waals surface area contributed by atoms with E-state index in [1.54, 1.807) is 4.90 Å². The van der Waals surface area contributed by atoms with Gasteiger partial charge in [-0.3, -0.25) is 4.79 Å². The second kappa shape index (κ2) is 7.11. The molecule has 0 spiro atoms. The van der Waals surface area contributed by atoms with Crippen molar-refractivity contribution in [3.8, 4) is 0 Å². The Morgan fingerprint density at radius 1 is 1.29 bits per heavy atom. The Labute approximate surface area is 125 Å². The van der Waals surface area contributed by atoms with Crippen molar-refractivity contribution >= 4 is 11.9 Å². The minimum absolute atomic E-state index is 0.0839. The zero-order valence-electron chi connectivity index (χ0n) is 12.7. The first kappa shape index (κ1) is 15.4. The van der Waals surface area contributed by atoms with E-state index in [4.69, 9.17) is 0 Å². The predicted octanol–water partition coefficient (Wildman–Crippen LogP) is 1.84. The van der Waals surface area contributed by atoms with Gasteiger partial charge < -0.3 is 15.1 Å². The number of carbonyl (C=O) groups excluding carboxylic acids is 2. The van der Waals surface area contributed by atoms with Gasteiger partial charge in [0.15, 0.2) is 0 Å². The van der Waals surface area contributed by atoms with E-state index in [0.717, 1.165) is 5.56 Å². The summed E-state index contributed by atoms with van der Waals surface area (Å²) in [4.78, 5) is 27.6. The van der Waals surface area contributed by atoms with E-state index in [2.05, 4.69) is 5.32 Å². The summed E-state index contributed by atoms with van der Waals surface area (Å²) in [5.41, 5.74) is 1.11. The number of nitrogens with zero attached hydrogens (tertiary/aromatic N) is 2. The lowest BCUT2D eigenvalue weighted by Crippen LogP contribution is -2.45. The third-order valence-electron chi connectivity index (χ3n) is 3.81. The molecule has 0 radical (unpaired) electrons. The summed E-state index contributed by atoms with van der Waals surface area (Å²) in [5.74, 6) is 0.101. The van der Waals surface area contributed by atoms with Crippen molar-refractivity contribution < 1.29 is 9.59 Å². The number of amides is 3. The maximum absolute atomic E-state index is 12.0. The molecule has 1 aromatic carbocycles. The number of urea groups is 1. The van der Waals surface area contributed by atoms with Crippen LogP contribution in [-0.4, -0.2) is 47.4 Å². The maximum Gasteiger partial charge on any atom is 0.317 e. The fourth-order valence-corrected chi connectivity index (χ4v) is 2.60. The van der Waals surface area contributed by atoms with Crippen LogP contribution >= 0.6 is 0 Å². The highest BCUT2D eigenvalue weighted by Gasteiger charge is 2.31. The molecule has 2 rings (SSSR count). The quantitative estimate of drug-likeness (QED) is 0.899. The van der Waals surface area contributed by atoms with E-state index < -0.39 is 0 Å². The average Bonchev–Trinajstić information content (AvgIpc) is 2.81. The maximum atomic E-state index is 12.0. The lowest BCUT2D eigenvalue weighted by molar-refractivity contribution is -0.128. The Balaban J connectivity index is 1.89. The van der Waals surface area contributed by atoms with Crippen LogP contribution in [0.4, 0.5) is 4.79 Å². The van der Waals surface area contributed by atoms with E-state index >= 15 is 0 Å². The summed E-state index contributed by atoms with van der Waals surface area (Å²) < 4.78 is 0. The first-order valence-corrected chi connectivity index (χ1v) is 7.51. The highest BCUT2D eigenvalue weighted by molar-refractivity contribution is 5.81. The number of rotatable bonds is 5. The fraction of sp³-hybridized carbons (Fsp3) is 0.500. The first-order valence-electron chi connectivity index (χ1n) is 7.51. The van der Waals surface area contributed by atoms with Crippen molar-refractivity contribution in [1.82, 2.24) is 15.1 Å². The second-order valence-electron chi connectivity index (χ2n) is 5.28. The Kier molecular flexibility index (Phi) is 5.20. The molecule has 114 valence electrons. The normalized spacial score (nSPS) is 17.9. The third-order valence-corrected chi connectivity index (χ3v) is 3.81. The molecule has 0 saturated carbocycles. The summed E-state index contributed by atoms with van der Waals surface area (Å²) in [6, 6.07) is 9.74. The van der Waals surface area contributed by atoms with E-state index in [0.29, 0.717) is 32.6 Å². The number of hydrogen-bond donors (Lipinski definition) is 1. The smallest absolute Gasteiger partial charge is 0.317 e. The van der Waals surface area contributed by atoms with Crippen molar-refractivity contribution in [2.24, 2.45) is 0 Å². The SMILES string of the molecule is CCN(CC)C(=O)N[C@@H]1CC(=O)N(Cc2ccccc2)C1. The van der Waals surface area contributed by atoms with Crippen molar-refractivity contribution in [1.29, 1.82) is 0 Å². The van der Waals surface area contributed by atoms with Gasteiger partial charge in [-0.05, 0) is 19.4 Å². The Bertz CT molecular complexity index is 486. The monoisotopic (exact) mass is 289 g/mol. The zero-order chi connectivity index (χ0) is 15.2. The molecular formula is C16H23N3O2.